The number of hydrogen-bond donors (Lipinski definition) is 1. The van der Waals surface area contributed by atoms with Crippen molar-refractivity contribution in [1.29, 1.82) is 0 Å². The number of nitrogens with zero attached hydrogens (tertiary/aromatic N) is 2. The van der Waals surface area contributed by atoms with Crippen molar-refractivity contribution in [1.82, 2.24) is 10.2 Å². The van der Waals surface area contributed by atoms with E-state index in [-0.39, 0.29) is 5.91 Å². The van der Waals surface area contributed by atoms with Crippen LogP contribution in [0.2, 0.25) is 0 Å². The number of amides is 1. The van der Waals surface area contributed by atoms with E-state index < -0.39 is 0 Å². The molecule has 0 bridgehead atoms. The van der Waals surface area contributed by atoms with Crippen LogP contribution in [0, 0.1) is 0 Å². The van der Waals surface area contributed by atoms with Gasteiger partial charge in [-0.2, -0.15) is 0 Å². The molecule has 0 aliphatic carbocycles. The number of benzene rings is 2. The molecule has 2 aromatic rings. The van der Waals surface area contributed by atoms with Crippen molar-refractivity contribution in [2.45, 2.75) is 6.42 Å². The fraction of sp³-hybridized carbons (Fsp3) is 0.409. The topological polar surface area (TPSA) is 54.0 Å². The summed E-state index contributed by atoms with van der Waals surface area (Å²) in [6.07, 6.45) is 0.829. The largest absolute Gasteiger partial charge is 0.493 e. The maximum absolute atomic E-state index is 12.4. The number of anilines is 1. The quantitative estimate of drug-likeness (QED) is 0.708. The molecule has 1 saturated heterocycles. The molecule has 1 fully saturated rings. The smallest absolute Gasteiger partial charge is 0.236 e. The molecule has 2 aromatic carbocycles. The van der Waals surface area contributed by atoms with E-state index in [0.717, 1.165) is 56.2 Å². The maximum atomic E-state index is 12.4. The van der Waals surface area contributed by atoms with Crippen LogP contribution < -0.4 is 19.7 Å². The van der Waals surface area contributed by atoms with Gasteiger partial charge in [0.05, 0.1) is 20.8 Å². The van der Waals surface area contributed by atoms with Crippen LogP contribution in [0.1, 0.15) is 5.56 Å². The summed E-state index contributed by atoms with van der Waals surface area (Å²) in [5, 5.41) is 3.26. The lowest BCUT2D eigenvalue weighted by Crippen LogP contribution is -2.51. The number of hydrogen-bond acceptors (Lipinski definition) is 5. The van der Waals surface area contributed by atoms with Crippen molar-refractivity contribution in [3.05, 3.63) is 54.1 Å². The average Bonchev–Trinajstić information content (AvgIpc) is 2.77. The number of carbonyl (C=O) groups excluding carboxylic acids is 1. The van der Waals surface area contributed by atoms with E-state index in [1.165, 1.54) is 5.69 Å². The number of piperazine rings is 1. The second-order valence-electron chi connectivity index (χ2n) is 6.82. The molecular formula is C22H29N3O3. The molecule has 1 amide bonds. The van der Waals surface area contributed by atoms with E-state index in [1.54, 1.807) is 14.2 Å². The summed E-state index contributed by atoms with van der Waals surface area (Å²) in [5.74, 6) is 1.62. The van der Waals surface area contributed by atoms with Crippen LogP contribution in [0.15, 0.2) is 48.5 Å². The Morgan fingerprint density at radius 2 is 1.68 bits per heavy atom. The molecule has 6 nitrogen and oxygen atoms in total. The molecule has 0 unspecified atom stereocenters. The van der Waals surface area contributed by atoms with Crippen molar-refractivity contribution < 1.29 is 14.3 Å². The lowest BCUT2D eigenvalue weighted by molar-refractivity contribution is -0.130. The Labute approximate surface area is 167 Å². The highest BCUT2D eigenvalue weighted by atomic mass is 16.5. The molecular weight excluding hydrogens is 354 g/mol. The number of ether oxygens (including phenoxy) is 2. The van der Waals surface area contributed by atoms with E-state index in [2.05, 4.69) is 34.5 Å². The summed E-state index contributed by atoms with van der Waals surface area (Å²) in [5.41, 5.74) is 2.37. The zero-order chi connectivity index (χ0) is 19.8. The van der Waals surface area contributed by atoms with Crippen molar-refractivity contribution in [3.63, 3.8) is 0 Å². The Bertz CT molecular complexity index is 759. The zero-order valence-corrected chi connectivity index (χ0v) is 16.7. The molecule has 0 atom stereocenters. The van der Waals surface area contributed by atoms with E-state index in [4.69, 9.17) is 9.47 Å². The predicted molar refractivity (Wildman–Crippen MR) is 111 cm³/mol. The van der Waals surface area contributed by atoms with Gasteiger partial charge < -0.3 is 24.6 Å². The molecule has 0 saturated carbocycles. The van der Waals surface area contributed by atoms with Crippen LogP contribution in [0.3, 0.4) is 0 Å². The normalized spacial score (nSPS) is 14.1. The van der Waals surface area contributed by atoms with Gasteiger partial charge in [-0.25, -0.2) is 0 Å². The molecule has 150 valence electrons. The summed E-state index contributed by atoms with van der Waals surface area (Å²) < 4.78 is 10.6. The molecule has 0 spiro atoms. The Balaban J connectivity index is 1.38. The van der Waals surface area contributed by atoms with Crippen molar-refractivity contribution >= 4 is 11.6 Å². The van der Waals surface area contributed by atoms with E-state index >= 15 is 0 Å². The minimum absolute atomic E-state index is 0.167. The zero-order valence-electron chi connectivity index (χ0n) is 16.7. The van der Waals surface area contributed by atoms with Crippen LogP contribution >= 0.6 is 0 Å². The lowest BCUT2D eigenvalue weighted by Gasteiger charge is -2.36. The van der Waals surface area contributed by atoms with E-state index in [9.17, 15) is 4.79 Å². The maximum Gasteiger partial charge on any atom is 0.236 e. The first-order valence-corrected chi connectivity index (χ1v) is 9.70. The van der Waals surface area contributed by atoms with E-state index in [0.29, 0.717) is 6.54 Å². The SMILES string of the molecule is COc1ccc(CCNCC(=O)N2CCN(c3ccccc3)CC2)cc1OC. The van der Waals surface area contributed by atoms with Gasteiger partial charge in [0.1, 0.15) is 0 Å². The van der Waals surface area contributed by atoms with Gasteiger partial charge >= 0.3 is 0 Å². The fourth-order valence-corrected chi connectivity index (χ4v) is 3.43. The van der Waals surface area contributed by atoms with Crippen molar-refractivity contribution in [2.24, 2.45) is 0 Å². The highest BCUT2D eigenvalue weighted by Crippen LogP contribution is 2.27. The minimum Gasteiger partial charge on any atom is -0.493 e. The number of methoxy groups -OCH3 is 2. The number of carbonyl (C=O) groups is 1. The molecule has 1 N–H and O–H groups in total. The van der Waals surface area contributed by atoms with Crippen molar-refractivity contribution in [2.75, 3.05) is 58.4 Å². The van der Waals surface area contributed by atoms with Crippen LogP contribution in [-0.2, 0) is 11.2 Å². The van der Waals surface area contributed by atoms with Crippen LogP contribution in [0.4, 0.5) is 5.69 Å². The van der Waals surface area contributed by atoms with Gasteiger partial charge in [-0.3, -0.25) is 4.79 Å². The second kappa shape index (κ2) is 9.99. The fourth-order valence-electron chi connectivity index (χ4n) is 3.43. The van der Waals surface area contributed by atoms with Gasteiger partial charge in [-0.05, 0) is 42.8 Å². The first kappa shape index (κ1) is 20.0. The van der Waals surface area contributed by atoms with Gasteiger partial charge in [0.2, 0.25) is 5.91 Å². The molecule has 6 heteroatoms. The van der Waals surface area contributed by atoms with Crippen LogP contribution in [0.25, 0.3) is 0 Å². The average molecular weight is 383 g/mol. The molecule has 1 aliphatic rings. The van der Waals surface area contributed by atoms with Gasteiger partial charge in [0, 0.05) is 31.9 Å². The molecule has 1 aliphatic heterocycles. The van der Waals surface area contributed by atoms with Gasteiger partial charge in [-0.15, -0.1) is 0 Å². The highest BCUT2D eigenvalue weighted by Gasteiger charge is 2.20. The Morgan fingerprint density at radius 3 is 2.36 bits per heavy atom. The lowest BCUT2D eigenvalue weighted by atomic mass is 10.1. The summed E-state index contributed by atoms with van der Waals surface area (Å²) in [4.78, 5) is 16.7. The molecule has 0 radical (unpaired) electrons. The molecule has 0 aromatic heterocycles. The predicted octanol–water partition coefficient (Wildman–Crippen LogP) is 2.18. The van der Waals surface area contributed by atoms with Crippen LogP contribution in [-0.4, -0.2) is 64.3 Å². The molecule has 28 heavy (non-hydrogen) atoms. The van der Waals surface area contributed by atoms with Gasteiger partial charge in [0.15, 0.2) is 11.5 Å². The third-order valence-corrected chi connectivity index (χ3v) is 5.07. The first-order chi connectivity index (χ1) is 13.7. The summed E-state index contributed by atoms with van der Waals surface area (Å²) in [6.45, 7) is 4.41. The van der Waals surface area contributed by atoms with Crippen LogP contribution in [0.5, 0.6) is 11.5 Å². The number of rotatable bonds is 8. The number of para-hydroxylation sites is 1. The molecule has 1 heterocycles. The Hall–Kier alpha value is -2.73. The molecule has 3 rings (SSSR count). The monoisotopic (exact) mass is 383 g/mol. The number of nitrogens with one attached hydrogen (secondary N) is 1. The third-order valence-electron chi connectivity index (χ3n) is 5.07. The summed E-state index contributed by atoms with van der Waals surface area (Å²) in [7, 11) is 3.26. The Kier molecular flexibility index (Phi) is 7.14. The highest BCUT2D eigenvalue weighted by molar-refractivity contribution is 5.78. The third kappa shape index (κ3) is 5.16. The second-order valence-corrected chi connectivity index (χ2v) is 6.82. The van der Waals surface area contributed by atoms with Gasteiger partial charge in [-0.1, -0.05) is 24.3 Å². The van der Waals surface area contributed by atoms with Gasteiger partial charge in [0.25, 0.3) is 0 Å². The van der Waals surface area contributed by atoms with E-state index in [1.807, 2.05) is 29.2 Å². The summed E-state index contributed by atoms with van der Waals surface area (Å²) in [6, 6.07) is 16.3. The van der Waals surface area contributed by atoms with Crippen molar-refractivity contribution in [3.8, 4) is 11.5 Å². The standard InChI is InChI=1S/C22H29N3O3/c1-27-20-9-8-18(16-21(20)28-2)10-11-23-17-22(26)25-14-12-24(13-15-25)19-6-4-3-5-7-19/h3-9,16,23H,10-15,17H2,1-2H3. The summed E-state index contributed by atoms with van der Waals surface area (Å²) >= 11 is 0. The first-order valence-electron chi connectivity index (χ1n) is 9.70. The minimum atomic E-state index is 0.167. The Morgan fingerprint density at radius 1 is 0.964 bits per heavy atom.